The SMILES string of the molecule is Cn1nncc1-c1csc(N[C@H](CN)Cc2ccc(F)cc2)c1. The molecule has 3 rings (SSSR count). The summed E-state index contributed by atoms with van der Waals surface area (Å²) >= 11 is 1.62. The molecule has 2 heterocycles. The van der Waals surface area contributed by atoms with Crippen molar-refractivity contribution in [2.45, 2.75) is 12.5 Å². The van der Waals surface area contributed by atoms with Crippen LogP contribution in [0.4, 0.5) is 9.39 Å². The molecule has 0 aliphatic heterocycles. The summed E-state index contributed by atoms with van der Waals surface area (Å²) in [6.07, 6.45) is 2.49. The molecule has 0 amide bonds. The lowest BCUT2D eigenvalue weighted by molar-refractivity contribution is 0.626. The van der Waals surface area contributed by atoms with Crippen molar-refractivity contribution in [2.24, 2.45) is 12.8 Å². The molecule has 23 heavy (non-hydrogen) atoms. The van der Waals surface area contributed by atoms with Crippen molar-refractivity contribution in [1.82, 2.24) is 15.0 Å². The van der Waals surface area contributed by atoms with Crippen LogP contribution < -0.4 is 11.1 Å². The molecule has 0 unspecified atom stereocenters. The van der Waals surface area contributed by atoms with E-state index in [9.17, 15) is 4.39 Å². The highest BCUT2D eigenvalue weighted by Gasteiger charge is 2.11. The molecule has 0 spiro atoms. The number of rotatable bonds is 6. The summed E-state index contributed by atoms with van der Waals surface area (Å²) in [6.45, 7) is 0.498. The smallest absolute Gasteiger partial charge is 0.123 e. The van der Waals surface area contributed by atoms with E-state index in [2.05, 4.69) is 27.1 Å². The fourth-order valence-electron chi connectivity index (χ4n) is 2.40. The Morgan fingerprint density at radius 2 is 2.13 bits per heavy atom. The minimum absolute atomic E-state index is 0.0941. The summed E-state index contributed by atoms with van der Waals surface area (Å²) in [5, 5.41) is 14.4. The maximum atomic E-state index is 13.0. The average Bonchev–Trinajstić information content (AvgIpc) is 3.17. The van der Waals surface area contributed by atoms with Gasteiger partial charge in [-0.1, -0.05) is 17.3 Å². The lowest BCUT2D eigenvalue weighted by Gasteiger charge is -2.16. The van der Waals surface area contributed by atoms with Crippen molar-refractivity contribution in [3.63, 3.8) is 0 Å². The Morgan fingerprint density at radius 3 is 2.78 bits per heavy atom. The number of thiophene rings is 1. The molecule has 0 fully saturated rings. The topological polar surface area (TPSA) is 68.8 Å². The first-order chi connectivity index (χ1) is 11.2. The van der Waals surface area contributed by atoms with Crippen LogP contribution in [-0.4, -0.2) is 27.6 Å². The van der Waals surface area contributed by atoms with Crippen molar-refractivity contribution in [1.29, 1.82) is 0 Å². The largest absolute Gasteiger partial charge is 0.373 e. The third-order valence-electron chi connectivity index (χ3n) is 3.64. The number of anilines is 1. The van der Waals surface area contributed by atoms with Gasteiger partial charge in [-0.3, -0.25) is 0 Å². The van der Waals surface area contributed by atoms with Gasteiger partial charge in [0.2, 0.25) is 0 Å². The molecule has 0 aliphatic carbocycles. The van der Waals surface area contributed by atoms with Crippen LogP contribution in [0, 0.1) is 5.82 Å². The van der Waals surface area contributed by atoms with E-state index in [-0.39, 0.29) is 11.9 Å². The second kappa shape index (κ2) is 6.89. The number of aromatic nitrogens is 3. The summed E-state index contributed by atoms with van der Waals surface area (Å²) in [4.78, 5) is 0. The molecule has 1 atom stereocenters. The third-order valence-corrected chi connectivity index (χ3v) is 4.50. The summed E-state index contributed by atoms with van der Waals surface area (Å²) in [7, 11) is 1.87. The molecule has 2 aromatic heterocycles. The van der Waals surface area contributed by atoms with Crippen LogP contribution in [0.25, 0.3) is 11.3 Å². The number of hydrogen-bond acceptors (Lipinski definition) is 5. The van der Waals surface area contributed by atoms with Crippen LogP contribution in [-0.2, 0) is 13.5 Å². The van der Waals surface area contributed by atoms with E-state index in [1.54, 1.807) is 34.3 Å². The molecular weight excluding hydrogens is 313 g/mol. The fourth-order valence-corrected chi connectivity index (χ4v) is 3.27. The van der Waals surface area contributed by atoms with Gasteiger partial charge in [-0.2, -0.15) is 0 Å². The standard InChI is InChI=1S/C16H18FN5S/c1-22-15(9-19-21-22)12-7-16(23-10-12)20-14(8-18)6-11-2-4-13(17)5-3-11/h2-5,7,9-10,14,20H,6,8,18H2,1H3/t14-/m0/s1. The van der Waals surface area contributed by atoms with Crippen LogP contribution in [0.15, 0.2) is 41.9 Å². The normalized spacial score (nSPS) is 12.3. The van der Waals surface area contributed by atoms with E-state index in [4.69, 9.17) is 5.73 Å². The average molecular weight is 331 g/mol. The van der Waals surface area contributed by atoms with Gasteiger partial charge in [-0.05, 0) is 30.2 Å². The second-order valence-electron chi connectivity index (χ2n) is 5.35. The van der Waals surface area contributed by atoms with E-state index < -0.39 is 0 Å². The summed E-state index contributed by atoms with van der Waals surface area (Å²) < 4.78 is 14.7. The summed E-state index contributed by atoms with van der Waals surface area (Å²) in [6, 6.07) is 8.69. The zero-order chi connectivity index (χ0) is 16.2. The number of halogens is 1. The Hall–Kier alpha value is -2.25. The van der Waals surface area contributed by atoms with Gasteiger partial charge in [0, 0.05) is 30.6 Å². The van der Waals surface area contributed by atoms with Crippen LogP contribution in [0.3, 0.4) is 0 Å². The van der Waals surface area contributed by atoms with E-state index in [0.29, 0.717) is 6.54 Å². The molecule has 0 saturated carbocycles. The molecule has 120 valence electrons. The molecule has 3 N–H and O–H groups in total. The maximum Gasteiger partial charge on any atom is 0.123 e. The summed E-state index contributed by atoms with van der Waals surface area (Å²) in [5.74, 6) is -0.223. The highest BCUT2D eigenvalue weighted by Crippen LogP contribution is 2.28. The van der Waals surface area contributed by atoms with Gasteiger partial charge >= 0.3 is 0 Å². The van der Waals surface area contributed by atoms with Gasteiger partial charge in [-0.15, -0.1) is 16.4 Å². The highest BCUT2D eigenvalue weighted by atomic mass is 32.1. The molecule has 0 bridgehead atoms. The summed E-state index contributed by atoms with van der Waals surface area (Å²) in [5.41, 5.74) is 8.97. The van der Waals surface area contributed by atoms with Crippen LogP contribution in [0.2, 0.25) is 0 Å². The molecule has 1 aromatic carbocycles. The van der Waals surface area contributed by atoms with Crippen LogP contribution in [0.1, 0.15) is 5.56 Å². The van der Waals surface area contributed by atoms with Crippen molar-refractivity contribution >= 4 is 16.3 Å². The van der Waals surface area contributed by atoms with Crippen molar-refractivity contribution < 1.29 is 4.39 Å². The van der Waals surface area contributed by atoms with Gasteiger partial charge in [0.25, 0.3) is 0 Å². The first kappa shape index (κ1) is 15.6. The lowest BCUT2D eigenvalue weighted by atomic mass is 10.1. The zero-order valence-corrected chi connectivity index (χ0v) is 13.6. The Labute approximate surface area is 137 Å². The number of hydrogen-bond donors (Lipinski definition) is 2. The predicted octanol–water partition coefficient (Wildman–Crippen LogP) is 2.66. The van der Waals surface area contributed by atoms with Crippen molar-refractivity contribution in [2.75, 3.05) is 11.9 Å². The van der Waals surface area contributed by atoms with Gasteiger partial charge < -0.3 is 11.1 Å². The van der Waals surface area contributed by atoms with Crippen molar-refractivity contribution in [3.8, 4) is 11.3 Å². The van der Waals surface area contributed by atoms with Gasteiger partial charge in [0.15, 0.2) is 0 Å². The molecule has 0 saturated heterocycles. The molecule has 0 radical (unpaired) electrons. The number of nitrogens with zero attached hydrogens (tertiary/aromatic N) is 3. The number of nitrogens with two attached hydrogens (primary N) is 1. The lowest BCUT2D eigenvalue weighted by Crippen LogP contribution is -2.30. The van der Waals surface area contributed by atoms with Gasteiger partial charge in [0.1, 0.15) is 5.82 Å². The Morgan fingerprint density at radius 1 is 1.35 bits per heavy atom. The highest BCUT2D eigenvalue weighted by molar-refractivity contribution is 7.14. The van der Waals surface area contributed by atoms with E-state index >= 15 is 0 Å². The molecular formula is C16H18FN5S. The van der Waals surface area contributed by atoms with Crippen LogP contribution >= 0.6 is 11.3 Å². The van der Waals surface area contributed by atoms with E-state index in [1.165, 1.54) is 12.1 Å². The third kappa shape index (κ3) is 3.75. The number of nitrogens with one attached hydrogen (secondary N) is 1. The number of benzene rings is 1. The predicted molar refractivity (Wildman–Crippen MR) is 90.9 cm³/mol. The van der Waals surface area contributed by atoms with E-state index in [0.717, 1.165) is 28.2 Å². The minimum atomic E-state index is -0.223. The van der Waals surface area contributed by atoms with Crippen LogP contribution in [0.5, 0.6) is 0 Å². The zero-order valence-electron chi connectivity index (χ0n) is 12.7. The maximum absolute atomic E-state index is 13.0. The molecule has 0 aliphatic rings. The number of aryl methyl sites for hydroxylation is 1. The second-order valence-corrected chi connectivity index (χ2v) is 6.26. The monoisotopic (exact) mass is 331 g/mol. The van der Waals surface area contributed by atoms with Crippen molar-refractivity contribution in [3.05, 3.63) is 53.3 Å². The Bertz CT molecular complexity index is 765. The van der Waals surface area contributed by atoms with E-state index in [1.807, 2.05) is 7.05 Å². The first-order valence-corrected chi connectivity index (χ1v) is 8.18. The Balaban J connectivity index is 1.68. The molecule has 3 aromatic rings. The molecule has 7 heteroatoms. The van der Waals surface area contributed by atoms with Gasteiger partial charge in [0.05, 0.1) is 16.9 Å². The Kier molecular flexibility index (Phi) is 4.68. The minimum Gasteiger partial charge on any atom is -0.373 e. The molecule has 5 nitrogen and oxygen atoms in total. The first-order valence-electron chi connectivity index (χ1n) is 7.30. The quantitative estimate of drug-likeness (QED) is 0.729. The fraction of sp³-hybridized carbons (Fsp3) is 0.250. The van der Waals surface area contributed by atoms with Gasteiger partial charge in [-0.25, -0.2) is 9.07 Å².